The Kier molecular flexibility index (Phi) is 8.35. The van der Waals surface area contributed by atoms with Crippen molar-refractivity contribution in [3.63, 3.8) is 0 Å². The van der Waals surface area contributed by atoms with Gasteiger partial charge in [0.1, 0.15) is 6.04 Å². The van der Waals surface area contributed by atoms with E-state index in [1.54, 1.807) is 24.1 Å². The van der Waals surface area contributed by atoms with E-state index in [-0.39, 0.29) is 31.6 Å². The van der Waals surface area contributed by atoms with E-state index < -0.39 is 17.6 Å². The summed E-state index contributed by atoms with van der Waals surface area (Å²) in [6.07, 6.45) is 0. The van der Waals surface area contributed by atoms with E-state index in [9.17, 15) is 14.7 Å². The molecule has 1 aliphatic rings. The van der Waals surface area contributed by atoms with E-state index in [0.717, 1.165) is 22.4 Å². The molecule has 1 amide bonds. The van der Waals surface area contributed by atoms with Gasteiger partial charge in [-0.1, -0.05) is 77.8 Å². The number of hydrogen-bond donors (Lipinski definition) is 2. The molecule has 0 fully saturated rings. The third-order valence-electron chi connectivity index (χ3n) is 6.76. The summed E-state index contributed by atoms with van der Waals surface area (Å²) in [5, 5.41) is 24.3. The summed E-state index contributed by atoms with van der Waals surface area (Å²) >= 11 is 12.2. The third kappa shape index (κ3) is 5.82. The molecule has 11 heteroatoms. The minimum Gasteiger partial charge on any atom is -0.395 e. The van der Waals surface area contributed by atoms with Crippen LogP contribution < -0.4 is 16.0 Å². The lowest BCUT2D eigenvalue weighted by Crippen LogP contribution is -2.38. The maximum atomic E-state index is 13.7. The van der Waals surface area contributed by atoms with Gasteiger partial charge >= 0.3 is 5.69 Å². The van der Waals surface area contributed by atoms with E-state index in [4.69, 9.17) is 28.3 Å². The summed E-state index contributed by atoms with van der Waals surface area (Å²) in [7, 11) is 0. The molecule has 0 saturated carbocycles. The van der Waals surface area contributed by atoms with Gasteiger partial charge in [0, 0.05) is 22.5 Å². The first-order chi connectivity index (χ1) is 19.4. The van der Waals surface area contributed by atoms with Crippen LogP contribution in [0.3, 0.4) is 0 Å². The maximum absolute atomic E-state index is 13.7. The van der Waals surface area contributed by atoms with Crippen molar-refractivity contribution < 1.29 is 9.90 Å². The fourth-order valence-corrected chi connectivity index (χ4v) is 4.94. The Morgan fingerprint density at radius 3 is 2.33 bits per heavy atom. The van der Waals surface area contributed by atoms with Gasteiger partial charge in [-0.3, -0.25) is 4.79 Å². The molecule has 3 aromatic carbocycles. The van der Waals surface area contributed by atoms with E-state index in [0.29, 0.717) is 16.6 Å². The summed E-state index contributed by atoms with van der Waals surface area (Å²) in [4.78, 5) is 26.6. The second kappa shape index (κ2) is 12.1. The Hall–Kier alpha value is -3.92. The molecule has 0 radical (unpaired) electrons. The molecule has 0 aliphatic carbocycles. The first kappa shape index (κ1) is 27.6. The van der Waals surface area contributed by atoms with Gasteiger partial charge in [0.15, 0.2) is 0 Å². The highest BCUT2D eigenvalue weighted by Gasteiger charge is 2.35. The van der Waals surface area contributed by atoms with Crippen LogP contribution in [-0.2, 0) is 11.3 Å². The Bertz CT molecular complexity index is 1570. The fraction of sp³-hybridized carbons (Fsp3) is 0.241. The van der Waals surface area contributed by atoms with Crippen molar-refractivity contribution in [2.45, 2.75) is 25.4 Å². The average molecular weight is 579 g/mol. The van der Waals surface area contributed by atoms with Crippen molar-refractivity contribution in [2.24, 2.45) is 5.10 Å². The molecule has 4 aromatic rings. The topological polar surface area (TPSA) is 105 Å². The highest BCUT2D eigenvalue weighted by molar-refractivity contribution is 6.31. The molecule has 1 unspecified atom stereocenters. The molecule has 9 nitrogen and oxygen atoms in total. The quantitative estimate of drug-likeness (QED) is 0.311. The summed E-state index contributed by atoms with van der Waals surface area (Å²) in [5.41, 5.74) is 3.12. The number of benzene rings is 3. The number of carbonyl (C=O) groups is 1. The van der Waals surface area contributed by atoms with Gasteiger partial charge < -0.3 is 10.4 Å². The average Bonchev–Trinajstić information content (AvgIpc) is 3.55. The van der Waals surface area contributed by atoms with Crippen molar-refractivity contribution in [3.05, 3.63) is 116 Å². The van der Waals surface area contributed by atoms with Gasteiger partial charge in [0.05, 0.1) is 25.4 Å². The number of nitrogens with one attached hydrogen (secondary N) is 1. The molecule has 5 rings (SSSR count). The second-order valence-corrected chi connectivity index (χ2v) is 10.3. The lowest BCUT2D eigenvalue weighted by molar-refractivity contribution is -0.124. The van der Waals surface area contributed by atoms with Crippen molar-refractivity contribution in [2.75, 3.05) is 24.7 Å². The number of aliphatic hydroxyl groups is 1. The maximum Gasteiger partial charge on any atom is 0.348 e. The van der Waals surface area contributed by atoms with E-state index in [1.807, 2.05) is 66.7 Å². The lowest BCUT2D eigenvalue weighted by Gasteiger charge is -2.19. The Morgan fingerprint density at radius 2 is 1.68 bits per heavy atom. The highest BCUT2D eigenvalue weighted by atomic mass is 35.5. The second-order valence-electron chi connectivity index (χ2n) is 9.46. The van der Waals surface area contributed by atoms with Crippen LogP contribution in [0.2, 0.25) is 10.0 Å². The van der Waals surface area contributed by atoms with Gasteiger partial charge in [-0.2, -0.15) is 5.10 Å². The first-order valence-electron chi connectivity index (χ1n) is 12.8. The summed E-state index contributed by atoms with van der Waals surface area (Å²) in [6, 6.07) is 23.7. The van der Waals surface area contributed by atoms with Gasteiger partial charge in [0.2, 0.25) is 11.9 Å². The summed E-state index contributed by atoms with van der Waals surface area (Å²) < 4.78 is 2.67. The standard InChI is InChI=1S/C29H28Cl2N6O3/c1-19(27(39)32-15-16-38)37-28(34-36(29(37)40)17-20-7-11-23(30)12-8-20)35-18-25(21-5-3-2-4-6-21)26(33-35)22-9-13-24(31)14-10-22/h2-14,19,25,38H,15-18H2,1H3,(H,32,39)/t19?,25-/m1/s1. The predicted octanol–water partition coefficient (Wildman–Crippen LogP) is 4.08. The molecule has 2 heterocycles. The summed E-state index contributed by atoms with van der Waals surface area (Å²) in [5.74, 6) is -0.287. The van der Waals surface area contributed by atoms with Crippen LogP contribution in [0.25, 0.3) is 0 Å². The SMILES string of the molecule is CC(C(=O)NCCO)n1c(N2C[C@H](c3ccccc3)C(c3ccc(Cl)cc3)=N2)nn(Cc2ccc(Cl)cc2)c1=O. The fourth-order valence-electron chi connectivity index (χ4n) is 4.69. The van der Waals surface area contributed by atoms with Gasteiger partial charge in [-0.05, 0) is 47.9 Å². The zero-order valence-corrected chi connectivity index (χ0v) is 23.3. The zero-order chi connectivity index (χ0) is 28.2. The van der Waals surface area contributed by atoms with Crippen molar-refractivity contribution in [3.8, 4) is 0 Å². The number of anilines is 1. The van der Waals surface area contributed by atoms with Crippen LogP contribution in [0.1, 0.15) is 35.6 Å². The molecular weight excluding hydrogens is 551 g/mol. The normalized spacial score (nSPS) is 15.7. The molecule has 40 heavy (non-hydrogen) atoms. The Morgan fingerprint density at radius 1 is 1.02 bits per heavy atom. The Labute approximate surface area is 241 Å². The molecule has 0 spiro atoms. The van der Waals surface area contributed by atoms with Gasteiger partial charge in [0.25, 0.3) is 0 Å². The highest BCUT2D eigenvalue weighted by Crippen LogP contribution is 2.32. The number of aliphatic hydroxyl groups excluding tert-OH is 1. The minimum atomic E-state index is -0.905. The minimum absolute atomic E-state index is 0.0742. The number of nitrogens with zero attached hydrogens (tertiary/aromatic N) is 5. The molecule has 1 aliphatic heterocycles. The van der Waals surface area contributed by atoms with E-state index in [1.165, 1.54) is 9.25 Å². The zero-order valence-electron chi connectivity index (χ0n) is 21.7. The van der Waals surface area contributed by atoms with Crippen molar-refractivity contribution in [1.29, 1.82) is 0 Å². The third-order valence-corrected chi connectivity index (χ3v) is 7.27. The number of aromatic nitrogens is 3. The monoisotopic (exact) mass is 578 g/mol. The molecule has 2 atom stereocenters. The van der Waals surface area contributed by atoms with Gasteiger partial charge in [-0.15, -0.1) is 5.10 Å². The Balaban J connectivity index is 1.59. The van der Waals surface area contributed by atoms with Crippen molar-refractivity contribution in [1.82, 2.24) is 19.7 Å². The number of hydrazone groups is 1. The number of rotatable bonds is 9. The number of amides is 1. The molecular formula is C29H28Cl2N6O3. The van der Waals surface area contributed by atoms with E-state index >= 15 is 0 Å². The largest absolute Gasteiger partial charge is 0.395 e. The van der Waals surface area contributed by atoms with Crippen LogP contribution in [0, 0.1) is 0 Å². The number of carbonyl (C=O) groups excluding carboxylic acids is 1. The van der Waals surface area contributed by atoms with Crippen molar-refractivity contribution >= 4 is 40.8 Å². The smallest absolute Gasteiger partial charge is 0.348 e. The van der Waals surface area contributed by atoms with Crippen LogP contribution in [0.5, 0.6) is 0 Å². The predicted molar refractivity (Wildman–Crippen MR) is 156 cm³/mol. The molecule has 2 N–H and O–H groups in total. The summed E-state index contributed by atoms with van der Waals surface area (Å²) in [6.45, 7) is 2.08. The van der Waals surface area contributed by atoms with Crippen LogP contribution in [-0.4, -0.2) is 50.8 Å². The molecule has 1 aromatic heterocycles. The first-order valence-corrected chi connectivity index (χ1v) is 13.6. The number of halogens is 2. The van der Waals surface area contributed by atoms with Crippen LogP contribution in [0.15, 0.2) is 88.8 Å². The van der Waals surface area contributed by atoms with E-state index in [2.05, 4.69) is 10.4 Å². The molecule has 0 bridgehead atoms. The van der Waals surface area contributed by atoms with Crippen LogP contribution >= 0.6 is 23.2 Å². The van der Waals surface area contributed by atoms with Gasteiger partial charge in [-0.25, -0.2) is 19.1 Å². The molecule has 0 saturated heterocycles. The lowest BCUT2D eigenvalue weighted by atomic mass is 9.91. The molecule has 206 valence electrons. The van der Waals surface area contributed by atoms with Crippen LogP contribution in [0.4, 0.5) is 5.95 Å². The number of hydrogen-bond acceptors (Lipinski definition) is 6.